The molecule has 0 N–H and O–H groups in total. The maximum atomic E-state index is 13.5. The van der Waals surface area contributed by atoms with Gasteiger partial charge in [0.15, 0.2) is 0 Å². The number of rotatable bonds is 4. The molecule has 0 aliphatic rings. The molecule has 0 saturated carbocycles. The average Bonchev–Trinajstić information content (AvgIpc) is 3.17. The number of para-hydroxylation sites is 1. The Balaban J connectivity index is 1.63. The molecule has 0 fully saturated rings. The van der Waals surface area contributed by atoms with Gasteiger partial charge >= 0.3 is 0 Å². The molecule has 5 nitrogen and oxygen atoms in total. The Bertz CT molecular complexity index is 1640. The van der Waals surface area contributed by atoms with Crippen molar-refractivity contribution in [1.29, 1.82) is 0 Å². The minimum atomic E-state index is -0.368. The van der Waals surface area contributed by atoms with Crippen molar-refractivity contribution >= 4 is 59.9 Å². The Hall–Kier alpha value is -3.03. The van der Waals surface area contributed by atoms with E-state index in [1.54, 1.807) is 12.3 Å². The second-order valence-electron chi connectivity index (χ2n) is 9.56. The highest BCUT2D eigenvalue weighted by atomic mass is 79.9. The van der Waals surface area contributed by atoms with Crippen molar-refractivity contribution in [3.63, 3.8) is 0 Å². The number of hydrogen-bond acceptors (Lipinski definition) is 3. The zero-order valence-corrected chi connectivity index (χ0v) is 22.8. The first-order chi connectivity index (χ1) is 16.7. The van der Waals surface area contributed by atoms with E-state index in [1.807, 2.05) is 45.0 Å². The van der Waals surface area contributed by atoms with Gasteiger partial charge < -0.3 is 4.57 Å². The molecule has 7 heteroatoms. The van der Waals surface area contributed by atoms with Gasteiger partial charge in [0.05, 0.1) is 17.1 Å². The van der Waals surface area contributed by atoms with Crippen LogP contribution in [0.15, 0.2) is 91.8 Å². The van der Waals surface area contributed by atoms with Gasteiger partial charge in [0.2, 0.25) is 0 Å². The van der Waals surface area contributed by atoms with Crippen molar-refractivity contribution in [3.05, 3.63) is 109 Å². The highest BCUT2D eigenvalue weighted by molar-refractivity contribution is 9.10. The van der Waals surface area contributed by atoms with Crippen molar-refractivity contribution in [1.82, 2.24) is 14.2 Å². The molecule has 5 rings (SSSR count). The molecule has 3 aromatic carbocycles. The Morgan fingerprint density at radius 1 is 0.943 bits per heavy atom. The number of hydrogen-bond donors (Lipinski definition) is 0. The lowest BCUT2D eigenvalue weighted by atomic mass is 9.95. The fourth-order valence-electron chi connectivity index (χ4n) is 4.16. The summed E-state index contributed by atoms with van der Waals surface area (Å²) in [6, 6.07) is 22.1. The van der Waals surface area contributed by atoms with E-state index in [1.165, 1.54) is 10.2 Å². The minimum Gasteiger partial charge on any atom is -0.342 e. The standard InChI is InChI=1S/C28H24Br2N4O/c1-28(2,3)27-32-24-13-12-21(30)14-23(24)26(35)34(27)31-15-19-17-33(25-7-5-4-6-22(19)25)16-18-8-10-20(29)11-9-18/h4-15,17H,16H2,1-3H3. The summed E-state index contributed by atoms with van der Waals surface area (Å²) in [5.74, 6) is 0.618. The Labute approximate surface area is 220 Å². The predicted octanol–water partition coefficient (Wildman–Crippen LogP) is 7.10. The van der Waals surface area contributed by atoms with Crippen LogP contribution in [-0.2, 0) is 12.0 Å². The van der Waals surface area contributed by atoms with Gasteiger partial charge in [0.1, 0.15) is 5.82 Å². The third-order valence-corrected chi connectivity index (χ3v) is 6.90. The third kappa shape index (κ3) is 4.75. The van der Waals surface area contributed by atoms with Gasteiger partial charge in [-0.15, -0.1) is 0 Å². The number of aromatic nitrogens is 3. The monoisotopic (exact) mass is 590 g/mol. The highest BCUT2D eigenvalue weighted by Crippen LogP contribution is 2.24. The summed E-state index contributed by atoms with van der Waals surface area (Å²) in [5, 5.41) is 6.29. The van der Waals surface area contributed by atoms with Crippen LogP contribution in [0.1, 0.15) is 37.7 Å². The maximum Gasteiger partial charge on any atom is 0.282 e. The molecule has 176 valence electrons. The highest BCUT2D eigenvalue weighted by Gasteiger charge is 2.23. The second-order valence-corrected chi connectivity index (χ2v) is 11.4. The molecule has 0 unspecified atom stereocenters. The first-order valence-electron chi connectivity index (χ1n) is 11.3. The Morgan fingerprint density at radius 2 is 1.66 bits per heavy atom. The number of benzene rings is 3. The zero-order valence-electron chi connectivity index (χ0n) is 19.7. The van der Waals surface area contributed by atoms with Crippen LogP contribution < -0.4 is 5.56 Å². The molecule has 0 saturated heterocycles. The molecule has 0 spiro atoms. The molecule has 0 atom stereocenters. The van der Waals surface area contributed by atoms with E-state index in [-0.39, 0.29) is 11.0 Å². The van der Waals surface area contributed by atoms with Crippen LogP contribution in [0.3, 0.4) is 0 Å². The van der Waals surface area contributed by atoms with E-state index in [9.17, 15) is 4.79 Å². The Morgan fingerprint density at radius 3 is 2.40 bits per heavy atom. The van der Waals surface area contributed by atoms with Crippen LogP contribution in [0.25, 0.3) is 21.8 Å². The van der Waals surface area contributed by atoms with Crippen molar-refractivity contribution in [2.75, 3.05) is 0 Å². The van der Waals surface area contributed by atoms with Gasteiger partial charge in [-0.25, -0.2) is 4.98 Å². The first-order valence-corrected chi connectivity index (χ1v) is 12.9. The summed E-state index contributed by atoms with van der Waals surface area (Å²) in [4.78, 5) is 18.3. The molecule has 0 bridgehead atoms. The topological polar surface area (TPSA) is 52.2 Å². The van der Waals surface area contributed by atoms with E-state index in [0.717, 1.165) is 32.0 Å². The van der Waals surface area contributed by atoms with E-state index in [4.69, 9.17) is 4.98 Å². The molecule has 5 aromatic rings. The Kier molecular flexibility index (Phi) is 6.23. The van der Waals surface area contributed by atoms with Crippen molar-refractivity contribution in [2.45, 2.75) is 32.7 Å². The average molecular weight is 592 g/mol. The SMILES string of the molecule is CC(C)(C)c1nc2ccc(Br)cc2c(=O)n1N=Cc1cn(Cc2ccc(Br)cc2)c2ccccc12. The number of fused-ring (bicyclic) bond motifs is 2. The van der Waals surface area contributed by atoms with Crippen LogP contribution in [0.4, 0.5) is 0 Å². The number of halogens is 2. The lowest BCUT2D eigenvalue weighted by Gasteiger charge is -2.20. The first kappa shape index (κ1) is 23.7. The van der Waals surface area contributed by atoms with Crippen LogP contribution in [-0.4, -0.2) is 20.4 Å². The van der Waals surface area contributed by atoms with Crippen molar-refractivity contribution in [2.24, 2.45) is 5.10 Å². The van der Waals surface area contributed by atoms with Crippen LogP contribution in [0.5, 0.6) is 0 Å². The lowest BCUT2D eigenvalue weighted by molar-refractivity contribution is 0.506. The number of nitrogens with zero attached hydrogens (tertiary/aromatic N) is 4. The smallest absolute Gasteiger partial charge is 0.282 e. The van der Waals surface area contributed by atoms with Crippen LogP contribution >= 0.6 is 31.9 Å². The minimum absolute atomic E-state index is 0.184. The second kappa shape index (κ2) is 9.21. The summed E-state index contributed by atoms with van der Waals surface area (Å²) in [5.41, 5.74) is 3.37. The van der Waals surface area contributed by atoms with Gasteiger partial charge in [-0.2, -0.15) is 9.78 Å². The van der Waals surface area contributed by atoms with Gasteiger partial charge in [-0.3, -0.25) is 4.79 Å². The third-order valence-electron chi connectivity index (χ3n) is 5.88. The van der Waals surface area contributed by atoms with Gasteiger partial charge in [0.25, 0.3) is 5.56 Å². The van der Waals surface area contributed by atoms with E-state index < -0.39 is 0 Å². The summed E-state index contributed by atoms with van der Waals surface area (Å²) in [6.45, 7) is 6.85. The van der Waals surface area contributed by atoms with E-state index in [2.05, 4.69) is 84.1 Å². The summed E-state index contributed by atoms with van der Waals surface area (Å²) in [6.07, 6.45) is 3.85. The largest absolute Gasteiger partial charge is 0.342 e. The quantitative estimate of drug-likeness (QED) is 0.209. The molecule has 0 aliphatic heterocycles. The van der Waals surface area contributed by atoms with Gasteiger partial charge in [-0.1, -0.05) is 83.0 Å². The summed E-state index contributed by atoms with van der Waals surface area (Å²) >= 11 is 6.97. The molecule has 2 heterocycles. The van der Waals surface area contributed by atoms with Crippen LogP contribution in [0, 0.1) is 0 Å². The van der Waals surface area contributed by atoms with E-state index >= 15 is 0 Å². The molecule has 2 aromatic heterocycles. The lowest BCUT2D eigenvalue weighted by Crippen LogP contribution is -2.29. The summed E-state index contributed by atoms with van der Waals surface area (Å²) in [7, 11) is 0. The van der Waals surface area contributed by atoms with Gasteiger partial charge in [-0.05, 0) is 42.0 Å². The fourth-order valence-corrected chi connectivity index (χ4v) is 4.78. The van der Waals surface area contributed by atoms with Gasteiger partial charge in [0, 0.05) is 43.6 Å². The maximum absolute atomic E-state index is 13.5. The molecule has 0 amide bonds. The molecular formula is C28H24Br2N4O. The van der Waals surface area contributed by atoms with Crippen molar-refractivity contribution in [3.8, 4) is 0 Å². The normalized spacial score (nSPS) is 12.3. The molecule has 35 heavy (non-hydrogen) atoms. The molecule has 0 aliphatic carbocycles. The summed E-state index contributed by atoms with van der Waals surface area (Å²) < 4.78 is 5.54. The zero-order chi connectivity index (χ0) is 24.7. The molecular weight excluding hydrogens is 568 g/mol. The van der Waals surface area contributed by atoms with E-state index in [0.29, 0.717) is 16.7 Å². The predicted molar refractivity (Wildman–Crippen MR) is 151 cm³/mol. The van der Waals surface area contributed by atoms with Crippen molar-refractivity contribution < 1.29 is 0 Å². The molecule has 0 radical (unpaired) electrons. The van der Waals surface area contributed by atoms with Crippen LogP contribution in [0.2, 0.25) is 0 Å². The fraction of sp³-hybridized carbons (Fsp3) is 0.179.